The SMILES string of the molecule is O=C(NC[C@H]1CC[C@H](Cc2ccc(F)cc2)CN1)Nc1ccc(Cl)cc1. The highest BCUT2D eigenvalue weighted by molar-refractivity contribution is 6.30. The molecule has 6 heteroatoms. The first kappa shape index (κ1) is 18.7. The highest BCUT2D eigenvalue weighted by Crippen LogP contribution is 2.19. The average Bonchev–Trinajstić information content (AvgIpc) is 2.65. The fourth-order valence-electron chi connectivity index (χ4n) is 3.20. The van der Waals surface area contributed by atoms with Gasteiger partial charge >= 0.3 is 6.03 Å². The molecule has 1 fully saturated rings. The zero-order valence-corrected chi connectivity index (χ0v) is 15.2. The zero-order valence-electron chi connectivity index (χ0n) is 14.5. The second-order valence-corrected chi connectivity index (χ2v) is 7.16. The number of urea groups is 1. The topological polar surface area (TPSA) is 53.2 Å². The predicted octanol–water partition coefficient (Wildman–Crippen LogP) is 4.21. The molecule has 3 N–H and O–H groups in total. The van der Waals surface area contributed by atoms with Crippen LogP contribution in [0.3, 0.4) is 0 Å². The molecule has 1 saturated heterocycles. The quantitative estimate of drug-likeness (QED) is 0.733. The van der Waals surface area contributed by atoms with Crippen molar-refractivity contribution in [1.82, 2.24) is 10.6 Å². The molecule has 1 aliphatic rings. The van der Waals surface area contributed by atoms with Crippen LogP contribution in [-0.4, -0.2) is 25.2 Å². The van der Waals surface area contributed by atoms with Crippen molar-refractivity contribution in [2.45, 2.75) is 25.3 Å². The Kier molecular flexibility index (Phi) is 6.47. The van der Waals surface area contributed by atoms with Crippen molar-refractivity contribution in [3.05, 3.63) is 64.9 Å². The molecule has 0 spiro atoms. The Labute approximate surface area is 158 Å². The molecule has 0 aliphatic carbocycles. The van der Waals surface area contributed by atoms with Crippen molar-refractivity contribution in [3.8, 4) is 0 Å². The van der Waals surface area contributed by atoms with Gasteiger partial charge in [0.05, 0.1) is 0 Å². The van der Waals surface area contributed by atoms with Crippen molar-refractivity contribution < 1.29 is 9.18 Å². The van der Waals surface area contributed by atoms with E-state index in [-0.39, 0.29) is 17.9 Å². The first-order valence-corrected chi connectivity index (χ1v) is 9.24. The van der Waals surface area contributed by atoms with Crippen LogP contribution < -0.4 is 16.0 Å². The van der Waals surface area contributed by atoms with Gasteiger partial charge in [-0.05, 0) is 73.7 Å². The van der Waals surface area contributed by atoms with E-state index in [2.05, 4.69) is 16.0 Å². The summed E-state index contributed by atoms with van der Waals surface area (Å²) in [6.45, 7) is 1.49. The van der Waals surface area contributed by atoms with Crippen LogP contribution in [0.4, 0.5) is 14.9 Å². The molecule has 1 aliphatic heterocycles. The number of anilines is 1. The molecule has 138 valence electrons. The van der Waals surface area contributed by atoms with Gasteiger partial charge in [0.2, 0.25) is 0 Å². The first-order chi connectivity index (χ1) is 12.6. The van der Waals surface area contributed by atoms with Crippen molar-refractivity contribution in [2.75, 3.05) is 18.4 Å². The number of nitrogens with one attached hydrogen (secondary N) is 3. The van der Waals surface area contributed by atoms with Gasteiger partial charge in [0, 0.05) is 23.3 Å². The van der Waals surface area contributed by atoms with Gasteiger partial charge in [0.1, 0.15) is 5.82 Å². The summed E-state index contributed by atoms with van der Waals surface area (Å²) in [5, 5.41) is 9.82. The minimum absolute atomic E-state index is 0.196. The van der Waals surface area contributed by atoms with Crippen LogP contribution in [-0.2, 0) is 6.42 Å². The maximum atomic E-state index is 13.0. The second-order valence-electron chi connectivity index (χ2n) is 6.72. The Morgan fingerprint density at radius 2 is 1.85 bits per heavy atom. The molecule has 4 nitrogen and oxygen atoms in total. The molecule has 2 aromatic carbocycles. The van der Waals surface area contributed by atoms with Gasteiger partial charge in [-0.2, -0.15) is 0 Å². The van der Waals surface area contributed by atoms with Crippen LogP contribution in [0.15, 0.2) is 48.5 Å². The van der Waals surface area contributed by atoms with Crippen LogP contribution in [0, 0.1) is 11.7 Å². The van der Waals surface area contributed by atoms with Crippen molar-refractivity contribution in [3.63, 3.8) is 0 Å². The highest BCUT2D eigenvalue weighted by atomic mass is 35.5. The molecule has 0 bridgehead atoms. The van der Waals surface area contributed by atoms with Gasteiger partial charge in [0.25, 0.3) is 0 Å². The van der Waals surface area contributed by atoms with Gasteiger partial charge < -0.3 is 16.0 Å². The molecule has 2 aromatic rings. The summed E-state index contributed by atoms with van der Waals surface area (Å²) < 4.78 is 13.0. The van der Waals surface area contributed by atoms with Gasteiger partial charge in [-0.1, -0.05) is 23.7 Å². The Morgan fingerprint density at radius 3 is 2.50 bits per heavy atom. The van der Waals surface area contributed by atoms with E-state index in [1.54, 1.807) is 24.3 Å². The third-order valence-electron chi connectivity index (χ3n) is 4.67. The lowest BCUT2D eigenvalue weighted by atomic mass is 9.89. The van der Waals surface area contributed by atoms with E-state index in [0.717, 1.165) is 31.4 Å². The lowest BCUT2D eigenvalue weighted by Gasteiger charge is -2.30. The molecule has 0 saturated carbocycles. The third-order valence-corrected chi connectivity index (χ3v) is 4.92. The van der Waals surface area contributed by atoms with Gasteiger partial charge in [-0.25, -0.2) is 9.18 Å². The van der Waals surface area contributed by atoms with Crippen molar-refractivity contribution >= 4 is 23.3 Å². The summed E-state index contributed by atoms with van der Waals surface area (Å²) in [6, 6.07) is 13.8. The summed E-state index contributed by atoms with van der Waals surface area (Å²) in [7, 11) is 0. The molecule has 2 amide bonds. The molecule has 0 unspecified atom stereocenters. The average molecular weight is 376 g/mol. The maximum absolute atomic E-state index is 13.0. The van der Waals surface area contributed by atoms with Crippen LogP contribution in [0.2, 0.25) is 5.02 Å². The number of hydrogen-bond acceptors (Lipinski definition) is 2. The fourth-order valence-corrected chi connectivity index (χ4v) is 3.33. The summed E-state index contributed by atoms with van der Waals surface area (Å²) in [4.78, 5) is 12.0. The van der Waals surface area contributed by atoms with E-state index in [0.29, 0.717) is 23.2 Å². The Morgan fingerprint density at radius 1 is 1.12 bits per heavy atom. The summed E-state index contributed by atoms with van der Waals surface area (Å²) in [5.41, 5.74) is 1.87. The normalized spacial score (nSPS) is 19.8. The fraction of sp³-hybridized carbons (Fsp3) is 0.350. The van der Waals surface area contributed by atoms with Crippen molar-refractivity contribution in [2.24, 2.45) is 5.92 Å². The van der Waals surface area contributed by atoms with Crippen LogP contribution >= 0.6 is 11.6 Å². The lowest BCUT2D eigenvalue weighted by Crippen LogP contribution is -2.47. The number of hydrogen-bond donors (Lipinski definition) is 3. The molecule has 0 aromatic heterocycles. The van der Waals surface area contributed by atoms with E-state index in [9.17, 15) is 9.18 Å². The summed E-state index contributed by atoms with van der Waals surface area (Å²) in [6.07, 6.45) is 3.05. The van der Waals surface area contributed by atoms with E-state index < -0.39 is 0 Å². The Hall–Kier alpha value is -2.11. The van der Waals surface area contributed by atoms with Gasteiger partial charge in [-0.3, -0.25) is 0 Å². The number of amides is 2. The van der Waals surface area contributed by atoms with Crippen LogP contribution in [0.1, 0.15) is 18.4 Å². The number of piperidine rings is 1. The molecule has 1 heterocycles. The standard InChI is InChI=1S/C20H23ClFN3O/c21-16-4-9-18(10-5-16)25-20(26)24-13-19-8-3-15(12-23-19)11-14-1-6-17(22)7-2-14/h1-2,4-7,9-10,15,19,23H,3,8,11-13H2,(H2,24,25,26)/t15-,19-/m1/s1. The molecule has 2 atom stereocenters. The van der Waals surface area contributed by atoms with Crippen molar-refractivity contribution in [1.29, 1.82) is 0 Å². The number of carbonyl (C=O) groups excluding carboxylic acids is 1. The monoisotopic (exact) mass is 375 g/mol. The molecule has 0 radical (unpaired) electrons. The minimum Gasteiger partial charge on any atom is -0.336 e. The number of carbonyl (C=O) groups is 1. The van der Waals surface area contributed by atoms with Gasteiger partial charge in [0.15, 0.2) is 0 Å². The number of rotatable bonds is 5. The van der Waals surface area contributed by atoms with Crippen LogP contribution in [0.25, 0.3) is 0 Å². The van der Waals surface area contributed by atoms with E-state index in [1.165, 1.54) is 12.1 Å². The Bertz CT molecular complexity index is 713. The molecule has 26 heavy (non-hydrogen) atoms. The van der Waals surface area contributed by atoms with Crippen LogP contribution in [0.5, 0.6) is 0 Å². The summed E-state index contributed by atoms with van der Waals surface area (Å²) >= 11 is 5.83. The van der Waals surface area contributed by atoms with Gasteiger partial charge in [-0.15, -0.1) is 0 Å². The van der Waals surface area contributed by atoms with E-state index in [1.807, 2.05) is 12.1 Å². The highest BCUT2D eigenvalue weighted by Gasteiger charge is 2.21. The minimum atomic E-state index is -0.220. The second kappa shape index (κ2) is 9.01. The van der Waals surface area contributed by atoms with E-state index >= 15 is 0 Å². The summed E-state index contributed by atoms with van der Waals surface area (Å²) in [5.74, 6) is 0.345. The van der Waals surface area contributed by atoms with E-state index in [4.69, 9.17) is 11.6 Å². The predicted molar refractivity (Wildman–Crippen MR) is 103 cm³/mol. The zero-order chi connectivity index (χ0) is 18.4. The molecule has 3 rings (SSSR count). The number of halogens is 2. The lowest BCUT2D eigenvalue weighted by molar-refractivity contribution is 0.247. The smallest absolute Gasteiger partial charge is 0.319 e. The maximum Gasteiger partial charge on any atom is 0.319 e. The third kappa shape index (κ3) is 5.71. The number of benzene rings is 2. The largest absolute Gasteiger partial charge is 0.336 e. The molecular weight excluding hydrogens is 353 g/mol. The first-order valence-electron chi connectivity index (χ1n) is 8.87. The molecular formula is C20H23ClFN3O. The Balaban J connectivity index is 1.36.